The summed E-state index contributed by atoms with van der Waals surface area (Å²) in [6, 6.07) is 8.06. The molecule has 0 heterocycles. The van der Waals surface area contributed by atoms with Gasteiger partial charge in [0.25, 0.3) is 0 Å². The summed E-state index contributed by atoms with van der Waals surface area (Å²) in [4.78, 5) is 12.6. The molecule has 2 aromatic rings. The van der Waals surface area contributed by atoms with E-state index in [0.29, 0.717) is 28.2 Å². The van der Waals surface area contributed by atoms with Crippen molar-refractivity contribution >= 4 is 12.0 Å². The molecule has 0 saturated carbocycles. The molecule has 0 saturated heterocycles. The van der Waals surface area contributed by atoms with E-state index in [-0.39, 0.29) is 0 Å². The Hall–Kier alpha value is -3.28. The molecule has 0 N–H and O–H groups in total. The van der Waals surface area contributed by atoms with E-state index in [1.54, 1.807) is 0 Å². The highest BCUT2D eigenvalue weighted by molar-refractivity contribution is 5.92. The van der Waals surface area contributed by atoms with Crippen LogP contribution in [-0.2, 0) is 11.0 Å². The number of nitrogens with zero attached hydrogens (tertiary/aromatic N) is 2. The van der Waals surface area contributed by atoms with Crippen molar-refractivity contribution in [1.82, 2.24) is 4.90 Å². The number of likely N-dealkylation sites (N-methyl/N-ethyl adjacent to an activating group) is 1. The monoisotopic (exact) mass is 412 g/mol. The second-order valence-corrected chi connectivity index (χ2v) is 6.08. The van der Waals surface area contributed by atoms with E-state index in [9.17, 15) is 31.1 Å². The van der Waals surface area contributed by atoms with Gasteiger partial charge in [0.05, 0.1) is 17.2 Å². The molecule has 0 bridgehead atoms. The zero-order chi connectivity index (χ0) is 21.8. The number of amides is 1. The average Bonchev–Trinajstić information content (AvgIpc) is 2.65. The van der Waals surface area contributed by atoms with Crippen LogP contribution in [0.1, 0.15) is 28.3 Å². The van der Waals surface area contributed by atoms with Crippen molar-refractivity contribution in [2.75, 3.05) is 7.05 Å². The van der Waals surface area contributed by atoms with Crippen LogP contribution in [0.25, 0.3) is 6.08 Å². The number of halogens is 6. The Labute approximate surface area is 162 Å². The molecule has 0 aliphatic heterocycles. The number of nitriles is 1. The fourth-order valence-electron chi connectivity index (χ4n) is 2.60. The van der Waals surface area contributed by atoms with Crippen LogP contribution in [0, 0.1) is 11.3 Å². The van der Waals surface area contributed by atoms with Crippen molar-refractivity contribution in [3.05, 3.63) is 76.9 Å². The van der Waals surface area contributed by atoms with E-state index in [2.05, 4.69) is 0 Å². The molecule has 1 unspecified atom stereocenters. The lowest BCUT2D eigenvalue weighted by molar-refractivity contribution is -0.187. The van der Waals surface area contributed by atoms with Crippen LogP contribution in [0.3, 0.4) is 0 Å². The van der Waals surface area contributed by atoms with Crippen LogP contribution in [0.4, 0.5) is 26.3 Å². The predicted octanol–water partition coefficient (Wildman–Crippen LogP) is 5.35. The quantitative estimate of drug-likeness (QED) is 0.502. The normalized spacial score (nSPS) is 13.2. The fourth-order valence-corrected chi connectivity index (χ4v) is 2.60. The number of carbonyl (C=O) groups is 1. The third-order valence-electron chi connectivity index (χ3n) is 4.03. The molecule has 2 aromatic carbocycles. The van der Waals surface area contributed by atoms with Crippen LogP contribution < -0.4 is 0 Å². The Bertz CT molecular complexity index is 939. The lowest BCUT2D eigenvalue weighted by Crippen LogP contribution is -2.39. The molecular formula is C20H14F6N2O. The number of benzene rings is 2. The van der Waals surface area contributed by atoms with E-state index < -0.39 is 35.4 Å². The third kappa shape index (κ3) is 5.60. The second kappa shape index (κ2) is 8.39. The van der Waals surface area contributed by atoms with Crippen LogP contribution in [0.15, 0.2) is 54.6 Å². The lowest BCUT2D eigenvalue weighted by Gasteiger charge is -2.30. The Morgan fingerprint density at radius 2 is 1.69 bits per heavy atom. The summed E-state index contributed by atoms with van der Waals surface area (Å²) in [7, 11) is 0.865. The Balaban J connectivity index is 2.31. The van der Waals surface area contributed by atoms with Gasteiger partial charge in [-0.3, -0.25) is 4.79 Å². The summed E-state index contributed by atoms with van der Waals surface area (Å²) in [5.41, 5.74) is -1.10. The Morgan fingerprint density at radius 1 is 1.07 bits per heavy atom. The van der Waals surface area contributed by atoms with Gasteiger partial charge in [-0.2, -0.15) is 31.6 Å². The molecule has 1 amide bonds. The Morgan fingerprint density at radius 3 is 2.21 bits per heavy atom. The van der Waals surface area contributed by atoms with E-state index in [4.69, 9.17) is 5.26 Å². The number of hydrogen-bond donors (Lipinski definition) is 0. The fraction of sp³-hybridized carbons (Fsp3) is 0.200. The standard InChI is InChI=1S/C20H14F6N2O/c1-28(17(29)10-9-13-5-7-14(12-27)8-6-13)18(20(24,25)26)15-3-2-4-16(11-15)19(21,22)23/h2-11,18H,1H3/b10-9+. The van der Waals surface area contributed by atoms with E-state index in [1.165, 1.54) is 30.3 Å². The highest BCUT2D eigenvalue weighted by Gasteiger charge is 2.45. The largest absolute Gasteiger partial charge is 0.416 e. The molecule has 29 heavy (non-hydrogen) atoms. The molecular weight excluding hydrogens is 398 g/mol. The van der Waals surface area contributed by atoms with Crippen LogP contribution in [0.2, 0.25) is 0 Å². The molecule has 0 radical (unpaired) electrons. The van der Waals surface area contributed by atoms with Gasteiger partial charge in [-0.25, -0.2) is 0 Å². The number of rotatable bonds is 4. The van der Waals surface area contributed by atoms with Crippen LogP contribution in [0.5, 0.6) is 0 Å². The minimum absolute atomic E-state index is 0.329. The van der Waals surface area contributed by atoms with Crippen molar-refractivity contribution < 1.29 is 31.1 Å². The zero-order valence-electron chi connectivity index (χ0n) is 14.9. The first kappa shape index (κ1) is 22.0. The van der Waals surface area contributed by atoms with Crippen molar-refractivity contribution in [2.45, 2.75) is 18.4 Å². The molecule has 3 nitrogen and oxygen atoms in total. The molecule has 0 aromatic heterocycles. The summed E-state index contributed by atoms with van der Waals surface area (Å²) >= 11 is 0. The van der Waals surface area contributed by atoms with Crippen molar-refractivity contribution in [2.24, 2.45) is 0 Å². The number of hydrogen-bond acceptors (Lipinski definition) is 2. The van der Waals surface area contributed by atoms with E-state index >= 15 is 0 Å². The highest BCUT2D eigenvalue weighted by Crippen LogP contribution is 2.39. The minimum Gasteiger partial charge on any atom is -0.326 e. The van der Waals surface area contributed by atoms with Crippen LogP contribution in [-0.4, -0.2) is 24.0 Å². The van der Waals surface area contributed by atoms with Crippen molar-refractivity contribution in [3.8, 4) is 6.07 Å². The van der Waals surface area contributed by atoms with Gasteiger partial charge in [0.2, 0.25) is 5.91 Å². The maximum absolute atomic E-state index is 13.6. The van der Waals surface area contributed by atoms with Crippen LogP contribution >= 0.6 is 0 Å². The van der Waals surface area contributed by atoms with Gasteiger partial charge in [0.1, 0.15) is 0 Å². The Kier molecular flexibility index (Phi) is 6.37. The summed E-state index contributed by atoms with van der Waals surface area (Å²) in [5, 5.41) is 8.73. The first-order valence-electron chi connectivity index (χ1n) is 8.12. The molecule has 0 aliphatic carbocycles. The molecule has 0 spiro atoms. The van der Waals surface area contributed by atoms with Gasteiger partial charge in [-0.15, -0.1) is 0 Å². The predicted molar refractivity (Wildman–Crippen MR) is 93.2 cm³/mol. The molecule has 152 valence electrons. The van der Waals surface area contributed by atoms with E-state index in [1.807, 2.05) is 6.07 Å². The van der Waals surface area contributed by atoms with Gasteiger partial charge in [-0.1, -0.05) is 24.3 Å². The van der Waals surface area contributed by atoms with Crippen molar-refractivity contribution in [1.29, 1.82) is 5.26 Å². The maximum atomic E-state index is 13.6. The SMILES string of the molecule is CN(C(=O)/C=C/c1ccc(C#N)cc1)C(c1cccc(C(F)(F)F)c1)C(F)(F)F. The molecule has 0 aliphatic rings. The second-order valence-electron chi connectivity index (χ2n) is 6.08. The zero-order valence-corrected chi connectivity index (χ0v) is 14.9. The summed E-state index contributed by atoms with van der Waals surface area (Å²) in [6.07, 6.45) is -7.67. The summed E-state index contributed by atoms with van der Waals surface area (Å²) in [6.45, 7) is 0. The maximum Gasteiger partial charge on any atom is 0.416 e. The summed E-state index contributed by atoms with van der Waals surface area (Å²) in [5.74, 6) is -1.05. The van der Waals surface area contributed by atoms with Gasteiger partial charge < -0.3 is 4.90 Å². The first-order valence-corrected chi connectivity index (χ1v) is 8.12. The van der Waals surface area contributed by atoms with Gasteiger partial charge in [0.15, 0.2) is 6.04 Å². The minimum atomic E-state index is -4.99. The number of carbonyl (C=O) groups excluding carboxylic acids is 1. The lowest BCUT2D eigenvalue weighted by atomic mass is 10.0. The average molecular weight is 412 g/mol. The smallest absolute Gasteiger partial charge is 0.326 e. The summed E-state index contributed by atoms with van der Waals surface area (Å²) < 4.78 is 79.3. The molecule has 9 heteroatoms. The van der Waals surface area contributed by atoms with E-state index in [0.717, 1.165) is 25.3 Å². The van der Waals surface area contributed by atoms with Crippen molar-refractivity contribution in [3.63, 3.8) is 0 Å². The van der Waals surface area contributed by atoms with Gasteiger partial charge in [-0.05, 0) is 41.5 Å². The topological polar surface area (TPSA) is 44.1 Å². The van der Waals surface area contributed by atoms with Gasteiger partial charge >= 0.3 is 12.4 Å². The van der Waals surface area contributed by atoms with Gasteiger partial charge in [0, 0.05) is 13.1 Å². The number of alkyl halides is 6. The third-order valence-corrected chi connectivity index (χ3v) is 4.03. The molecule has 0 fully saturated rings. The molecule has 2 rings (SSSR count). The highest BCUT2D eigenvalue weighted by atomic mass is 19.4. The molecule has 1 atom stereocenters. The first-order chi connectivity index (χ1) is 13.4.